The van der Waals surface area contributed by atoms with E-state index in [1.807, 2.05) is 6.92 Å². The van der Waals surface area contributed by atoms with Crippen molar-refractivity contribution in [1.29, 1.82) is 0 Å². The van der Waals surface area contributed by atoms with Gasteiger partial charge in [0.05, 0.1) is 12.5 Å². The second-order valence-electron chi connectivity index (χ2n) is 4.67. The number of ether oxygens (including phenoxy) is 1. The first-order chi connectivity index (χ1) is 6.70. The maximum atomic E-state index is 11.5. The van der Waals surface area contributed by atoms with Crippen LogP contribution in [0.5, 0.6) is 0 Å². The van der Waals surface area contributed by atoms with Crippen LogP contribution in [0.25, 0.3) is 0 Å². The molecule has 2 fully saturated rings. The summed E-state index contributed by atoms with van der Waals surface area (Å²) in [7, 11) is 0. The van der Waals surface area contributed by atoms with Gasteiger partial charge in [0.1, 0.15) is 0 Å². The lowest BCUT2D eigenvalue weighted by Crippen LogP contribution is -2.19. The Morgan fingerprint density at radius 3 is 2.27 bits per heavy atom. The Hall–Kier alpha value is -0.280. The lowest BCUT2D eigenvalue weighted by atomic mass is 10.0. The van der Waals surface area contributed by atoms with Gasteiger partial charge in [-0.2, -0.15) is 0 Å². The standard InChI is InChI=1S/C11H19NO2.ClH/c1-2-14-11(13)9-3-7-5-10(12)6-8(7)4-9;/h7-10H,2-6,12H2,1H3;1H. The molecule has 0 amide bonds. The van der Waals surface area contributed by atoms with Crippen molar-refractivity contribution >= 4 is 18.4 Å². The van der Waals surface area contributed by atoms with E-state index in [1.54, 1.807) is 0 Å². The van der Waals surface area contributed by atoms with Crippen molar-refractivity contribution in [1.82, 2.24) is 0 Å². The SMILES string of the molecule is CCOC(=O)C1CC2CC(N)CC2C1.Cl. The van der Waals surface area contributed by atoms with Gasteiger partial charge >= 0.3 is 5.97 Å². The quantitative estimate of drug-likeness (QED) is 0.740. The zero-order valence-corrected chi connectivity index (χ0v) is 9.96. The summed E-state index contributed by atoms with van der Waals surface area (Å²) in [4.78, 5) is 11.5. The molecule has 2 saturated carbocycles. The fourth-order valence-corrected chi connectivity index (χ4v) is 3.12. The van der Waals surface area contributed by atoms with Gasteiger partial charge in [-0.05, 0) is 44.4 Å². The van der Waals surface area contributed by atoms with Crippen LogP contribution in [0.2, 0.25) is 0 Å². The van der Waals surface area contributed by atoms with Crippen molar-refractivity contribution in [2.45, 2.75) is 38.6 Å². The molecule has 4 heteroatoms. The van der Waals surface area contributed by atoms with Crippen LogP contribution in [0.3, 0.4) is 0 Å². The molecule has 0 radical (unpaired) electrons. The Labute approximate surface area is 97.1 Å². The number of nitrogens with two attached hydrogens (primary N) is 1. The van der Waals surface area contributed by atoms with Crippen LogP contribution in [0.15, 0.2) is 0 Å². The molecule has 3 nitrogen and oxygen atoms in total. The largest absolute Gasteiger partial charge is 0.466 e. The molecule has 15 heavy (non-hydrogen) atoms. The second kappa shape index (κ2) is 5.17. The number of esters is 1. The van der Waals surface area contributed by atoms with Crippen LogP contribution in [0.4, 0.5) is 0 Å². The van der Waals surface area contributed by atoms with Gasteiger partial charge in [0.15, 0.2) is 0 Å². The Kier molecular flexibility index (Phi) is 4.41. The smallest absolute Gasteiger partial charge is 0.308 e. The average Bonchev–Trinajstić information content (AvgIpc) is 2.61. The van der Waals surface area contributed by atoms with Crippen molar-refractivity contribution in [3.63, 3.8) is 0 Å². The summed E-state index contributed by atoms with van der Waals surface area (Å²) in [6, 6.07) is 0.383. The third kappa shape index (κ3) is 2.64. The molecule has 0 bridgehead atoms. The highest BCUT2D eigenvalue weighted by Crippen LogP contribution is 2.46. The first-order valence-electron chi connectivity index (χ1n) is 5.63. The van der Waals surface area contributed by atoms with Crippen molar-refractivity contribution in [2.24, 2.45) is 23.5 Å². The van der Waals surface area contributed by atoms with Crippen LogP contribution in [-0.4, -0.2) is 18.6 Å². The molecule has 0 saturated heterocycles. The first-order valence-corrected chi connectivity index (χ1v) is 5.63. The Morgan fingerprint density at radius 2 is 1.80 bits per heavy atom. The Morgan fingerprint density at radius 1 is 1.27 bits per heavy atom. The maximum absolute atomic E-state index is 11.5. The molecule has 2 unspecified atom stereocenters. The van der Waals surface area contributed by atoms with Crippen LogP contribution in [0, 0.1) is 17.8 Å². The number of carbonyl (C=O) groups excluding carboxylic acids is 1. The summed E-state index contributed by atoms with van der Waals surface area (Å²) in [6.07, 6.45) is 4.25. The minimum absolute atomic E-state index is 0. The molecule has 2 aliphatic carbocycles. The molecule has 88 valence electrons. The summed E-state index contributed by atoms with van der Waals surface area (Å²) in [5.74, 6) is 1.56. The predicted octanol–water partition coefficient (Wildman–Crippen LogP) is 1.73. The number of hydrogen-bond acceptors (Lipinski definition) is 3. The first kappa shape index (κ1) is 12.8. The lowest BCUT2D eigenvalue weighted by molar-refractivity contribution is -0.148. The molecule has 0 spiro atoms. The Bertz CT molecular complexity index is 221. The summed E-state index contributed by atoms with van der Waals surface area (Å²) in [5, 5.41) is 0. The zero-order valence-electron chi connectivity index (χ0n) is 9.15. The van der Waals surface area contributed by atoms with Crippen molar-refractivity contribution in [3.8, 4) is 0 Å². The highest BCUT2D eigenvalue weighted by Gasteiger charge is 2.43. The van der Waals surface area contributed by atoms with E-state index in [4.69, 9.17) is 10.5 Å². The molecule has 0 aromatic heterocycles. The van der Waals surface area contributed by atoms with Gasteiger partial charge in [-0.3, -0.25) is 4.79 Å². The van der Waals surface area contributed by atoms with E-state index in [0.717, 1.165) is 25.7 Å². The highest BCUT2D eigenvalue weighted by molar-refractivity contribution is 5.85. The van der Waals surface area contributed by atoms with Crippen LogP contribution in [-0.2, 0) is 9.53 Å². The summed E-state index contributed by atoms with van der Waals surface area (Å²) >= 11 is 0. The number of fused-ring (bicyclic) bond motifs is 1. The lowest BCUT2D eigenvalue weighted by Gasteiger charge is -2.10. The maximum Gasteiger partial charge on any atom is 0.308 e. The molecule has 0 aliphatic heterocycles. The highest BCUT2D eigenvalue weighted by atomic mass is 35.5. The third-order valence-corrected chi connectivity index (χ3v) is 3.67. The van der Waals surface area contributed by atoms with Gasteiger partial charge in [-0.25, -0.2) is 0 Å². The summed E-state index contributed by atoms with van der Waals surface area (Å²) < 4.78 is 5.05. The molecule has 2 rings (SSSR count). The van der Waals surface area contributed by atoms with Crippen LogP contribution in [0.1, 0.15) is 32.6 Å². The molecule has 2 atom stereocenters. The zero-order chi connectivity index (χ0) is 10.1. The topological polar surface area (TPSA) is 52.3 Å². The van der Waals surface area contributed by atoms with Crippen molar-refractivity contribution in [2.75, 3.05) is 6.61 Å². The fourth-order valence-electron chi connectivity index (χ4n) is 3.12. The minimum Gasteiger partial charge on any atom is -0.466 e. The van der Waals surface area contributed by atoms with Crippen LogP contribution < -0.4 is 5.73 Å². The summed E-state index contributed by atoms with van der Waals surface area (Å²) in [6.45, 7) is 2.37. The number of halogens is 1. The van der Waals surface area contributed by atoms with E-state index in [0.29, 0.717) is 24.5 Å². The number of rotatable bonds is 2. The molecule has 2 aliphatic rings. The van der Waals surface area contributed by atoms with Gasteiger partial charge in [-0.15, -0.1) is 12.4 Å². The van der Waals surface area contributed by atoms with E-state index in [9.17, 15) is 4.79 Å². The minimum atomic E-state index is 0. The molecular formula is C11H20ClNO2. The van der Waals surface area contributed by atoms with Crippen LogP contribution >= 0.6 is 12.4 Å². The fraction of sp³-hybridized carbons (Fsp3) is 0.909. The third-order valence-electron chi connectivity index (χ3n) is 3.67. The normalized spacial score (nSPS) is 38.3. The van der Waals surface area contributed by atoms with Gasteiger partial charge in [0, 0.05) is 6.04 Å². The van der Waals surface area contributed by atoms with E-state index in [2.05, 4.69) is 0 Å². The predicted molar refractivity (Wildman–Crippen MR) is 60.8 cm³/mol. The van der Waals surface area contributed by atoms with Gasteiger partial charge in [-0.1, -0.05) is 0 Å². The van der Waals surface area contributed by atoms with E-state index < -0.39 is 0 Å². The number of carbonyl (C=O) groups is 1. The van der Waals surface area contributed by atoms with Crippen molar-refractivity contribution in [3.05, 3.63) is 0 Å². The Balaban J connectivity index is 0.00000112. The number of hydrogen-bond donors (Lipinski definition) is 1. The van der Waals surface area contributed by atoms with Gasteiger partial charge < -0.3 is 10.5 Å². The molecule has 0 aromatic carbocycles. The van der Waals surface area contributed by atoms with E-state index in [-0.39, 0.29) is 24.3 Å². The molecule has 2 N–H and O–H groups in total. The van der Waals surface area contributed by atoms with E-state index >= 15 is 0 Å². The average molecular weight is 234 g/mol. The monoisotopic (exact) mass is 233 g/mol. The van der Waals surface area contributed by atoms with Crippen molar-refractivity contribution < 1.29 is 9.53 Å². The van der Waals surface area contributed by atoms with Gasteiger partial charge in [0.2, 0.25) is 0 Å². The van der Waals surface area contributed by atoms with Gasteiger partial charge in [0.25, 0.3) is 0 Å². The molecular weight excluding hydrogens is 214 g/mol. The van der Waals surface area contributed by atoms with E-state index in [1.165, 1.54) is 0 Å². The summed E-state index contributed by atoms with van der Waals surface area (Å²) in [5.41, 5.74) is 5.89. The molecule has 0 aromatic rings. The molecule has 0 heterocycles. The second-order valence-corrected chi connectivity index (χ2v) is 4.67.